The third-order valence-electron chi connectivity index (χ3n) is 2.79. The smallest absolute Gasteiger partial charge is 0.239 e. The van der Waals surface area contributed by atoms with Crippen LogP contribution in [0.25, 0.3) is 0 Å². The second-order valence-corrected chi connectivity index (χ2v) is 4.62. The molecular weight excluding hydrogens is 188 g/mol. The topological polar surface area (TPSA) is 46.3 Å². The van der Waals surface area contributed by atoms with Gasteiger partial charge in [0.15, 0.2) is 0 Å². The molecule has 0 aromatic rings. The lowest BCUT2D eigenvalue weighted by atomic mass is 10.0. The monoisotopic (exact) mass is 214 g/mol. The Bertz CT molecular complexity index is 192. The SMILES string of the molecule is CCC(C)N(CC)C(=O)C(N)CC(C)C. The van der Waals surface area contributed by atoms with Crippen LogP contribution in [0.5, 0.6) is 0 Å². The van der Waals surface area contributed by atoms with E-state index in [2.05, 4.69) is 27.7 Å². The van der Waals surface area contributed by atoms with Gasteiger partial charge in [-0.2, -0.15) is 0 Å². The van der Waals surface area contributed by atoms with Crippen LogP contribution in [0.15, 0.2) is 0 Å². The van der Waals surface area contributed by atoms with Gasteiger partial charge in [-0.15, -0.1) is 0 Å². The average Bonchev–Trinajstić information content (AvgIpc) is 2.17. The van der Waals surface area contributed by atoms with Gasteiger partial charge in [-0.05, 0) is 32.6 Å². The Balaban J connectivity index is 4.37. The van der Waals surface area contributed by atoms with Crippen molar-refractivity contribution >= 4 is 5.91 Å². The zero-order valence-electron chi connectivity index (χ0n) is 10.8. The summed E-state index contributed by atoms with van der Waals surface area (Å²) in [6.45, 7) is 11.1. The fourth-order valence-corrected chi connectivity index (χ4v) is 1.73. The van der Waals surface area contributed by atoms with Crippen molar-refractivity contribution in [2.75, 3.05) is 6.54 Å². The molecule has 2 N–H and O–H groups in total. The van der Waals surface area contributed by atoms with E-state index >= 15 is 0 Å². The van der Waals surface area contributed by atoms with E-state index in [1.807, 2.05) is 11.8 Å². The quantitative estimate of drug-likeness (QED) is 0.735. The van der Waals surface area contributed by atoms with Crippen LogP contribution in [0.4, 0.5) is 0 Å². The van der Waals surface area contributed by atoms with Gasteiger partial charge in [0.1, 0.15) is 0 Å². The van der Waals surface area contributed by atoms with Crippen LogP contribution in [0.2, 0.25) is 0 Å². The van der Waals surface area contributed by atoms with Crippen molar-refractivity contribution in [3.05, 3.63) is 0 Å². The Hall–Kier alpha value is -0.570. The first-order valence-electron chi connectivity index (χ1n) is 6.00. The molecule has 0 aromatic carbocycles. The third-order valence-corrected chi connectivity index (χ3v) is 2.79. The van der Waals surface area contributed by atoms with Gasteiger partial charge in [0.25, 0.3) is 0 Å². The highest BCUT2D eigenvalue weighted by Crippen LogP contribution is 2.09. The number of nitrogens with two attached hydrogens (primary N) is 1. The highest BCUT2D eigenvalue weighted by Gasteiger charge is 2.23. The van der Waals surface area contributed by atoms with Gasteiger partial charge >= 0.3 is 0 Å². The molecular formula is C12H26N2O. The van der Waals surface area contributed by atoms with Crippen molar-refractivity contribution in [2.24, 2.45) is 11.7 Å². The minimum absolute atomic E-state index is 0.0977. The molecule has 0 aliphatic rings. The molecule has 0 rings (SSSR count). The average molecular weight is 214 g/mol. The lowest BCUT2D eigenvalue weighted by Gasteiger charge is -2.30. The van der Waals surface area contributed by atoms with Crippen molar-refractivity contribution < 1.29 is 4.79 Å². The lowest BCUT2D eigenvalue weighted by molar-refractivity contribution is -0.134. The number of nitrogens with zero attached hydrogens (tertiary/aromatic N) is 1. The first kappa shape index (κ1) is 14.4. The van der Waals surface area contributed by atoms with Crippen molar-refractivity contribution in [3.8, 4) is 0 Å². The highest BCUT2D eigenvalue weighted by molar-refractivity contribution is 5.81. The van der Waals surface area contributed by atoms with E-state index in [4.69, 9.17) is 5.73 Å². The van der Waals surface area contributed by atoms with E-state index in [1.165, 1.54) is 0 Å². The standard InChI is InChI=1S/C12H26N2O/c1-6-10(5)14(7-2)12(15)11(13)8-9(3)4/h9-11H,6-8,13H2,1-5H3. The molecule has 0 saturated heterocycles. The second-order valence-electron chi connectivity index (χ2n) is 4.62. The first-order chi connectivity index (χ1) is 6.93. The fourth-order valence-electron chi connectivity index (χ4n) is 1.73. The van der Waals surface area contributed by atoms with E-state index in [0.29, 0.717) is 12.0 Å². The summed E-state index contributed by atoms with van der Waals surface area (Å²) in [4.78, 5) is 13.9. The molecule has 0 aromatic heterocycles. The Kier molecular flexibility index (Phi) is 6.57. The normalized spacial score (nSPS) is 15.1. The number of rotatable bonds is 6. The zero-order valence-corrected chi connectivity index (χ0v) is 10.8. The molecule has 2 atom stereocenters. The maximum atomic E-state index is 12.0. The maximum absolute atomic E-state index is 12.0. The molecule has 3 heteroatoms. The number of carbonyl (C=O) groups excluding carboxylic acids is 1. The van der Waals surface area contributed by atoms with E-state index < -0.39 is 0 Å². The van der Waals surface area contributed by atoms with Crippen LogP contribution < -0.4 is 5.73 Å². The number of likely N-dealkylation sites (N-methyl/N-ethyl adjacent to an activating group) is 1. The Morgan fingerprint density at radius 3 is 2.13 bits per heavy atom. The van der Waals surface area contributed by atoms with Crippen LogP contribution in [0.1, 0.15) is 47.5 Å². The Morgan fingerprint density at radius 1 is 1.27 bits per heavy atom. The van der Waals surface area contributed by atoms with E-state index in [1.54, 1.807) is 0 Å². The summed E-state index contributed by atoms with van der Waals surface area (Å²) in [6.07, 6.45) is 1.75. The molecule has 0 aliphatic heterocycles. The fraction of sp³-hybridized carbons (Fsp3) is 0.917. The van der Waals surface area contributed by atoms with Gasteiger partial charge in [0, 0.05) is 12.6 Å². The first-order valence-corrected chi connectivity index (χ1v) is 6.00. The van der Waals surface area contributed by atoms with E-state index in [-0.39, 0.29) is 11.9 Å². The Labute approximate surface area is 94.0 Å². The Morgan fingerprint density at radius 2 is 1.80 bits per heavy atom. The van der Waals surface area contributed by atoms with Crippen LogP contribution in [-0.2, 0) is 4.79 Å². The van der Waals surface area contributed by atoms with Crippen LogP contribution in [0.3, 0.4) is 0 Å². The summed E-state index contributed by atoms with van der Waals surface area (Å²) in [5.41, 5.74) is 5.90. The molecule has 0 radical (unpaired) electrons. The third kappa shape index (κ3) is 4.65. The number of hydrogen-bond acceptors (Lipinski definition) is 2. The van der Waals surface area contributed by atoms with Crippen molar-refractivity contribution in [1.29, 1.82) is 0 Å². The van der Waals surface area contributed by atoms with E-state index in [9.17, 15) is 4.79 Å². The molecule has 90 valence electrons. The molecule has 0 saturated carbocycles. The zero-order chi connectivity index (χ0) is 12.0. The minimum atomic E-state index is -0.334. The van der Waals surface area contributed by atoms with Gasteiger partial charge < -0.3 is 10.6 Å². The summed E-state index contributed by atoms with van der Waals surface area (Å²) in [6, 6.07) is -0.0420. The molecule has 2 unspecified atom stereocenters. The van der Waals surface area contributed by atoms with Crippen LogP contribution in [0, 0.1) is 5.92 Å². The van der Waals surface area contributed by atoms with Gasteiger partial charge in [-0.1, -0.05) is 20.8 Å². The summed E-state index contributed by atoms with van der Waals surface area (Å²) < 4.78 is 0. The molecule has 0 aliphatic carbocycles. The highest BCUT2D eigenvalue weighted by atomic mass is 16.2. The lowest BCUT2D eigenvalue weighted by Crippen LogP contribution is -2.48. The summed E-state index contributed by atoms with van der Waals surface area (Å²) >= 11 is 0. The van der Waals surface area contributed by atoms with Gasteiger partial charge in [-0.3, -0.25) is 4.79 Å². The molecule has 0 bridgehead atoms. The maximum Gasteiger partial charge on any atom is 0.239 e. The largest absolute Gasteiger partial charge is 0.339 e. The molecule has 0 spiro atoms. The number of amides is 1. The number of carbonyl (C=O) groups is 1. The molecule has 0 fully saturated rings. The molecule has 3 nitrogen and oxygen atoms in total. The van der Waals surface area contributed by atoms with Gasteiger partial charge in [0.05, 0.1) is 6.04 Å². The van der Waals surface area contributed by atoms with Crippen molar-refractivity contribution in [3.63, 3.8) is 0 Å². The van der Waals surface area contributed by atoms with Crippen molar-refractivity contribution in [1.82, 2.24) is 4.90 Å². The molecule has 1 amide bonds. The number of hydrogen-bond donors (Lipinski definition) is 1. The predicted octanol–water partition coefficient (Wildman–Crippen LogP) is 2.01. The summed E-state index contributed by atoms with van der Waals surface area (Å²) in [7, 11) is 0. The molecule has 15 heavy (non-hydrogen) atoms. The van der Waals surface area contributed by atoms with Gasteiger partial charge in [0.2, 0.25) is 5.91 Å². The summed E-state index contributed by atoms with van der Waals surface area (Å²) in [5.74, 6) is 0.570. The van der Waals surface area contributed by atoms with Crippen molar-refractivity contribution in [2.45, 2.75) is 59.5 Å². The predicted molar refractivity (Wildman–Crippen MR) is 64.6 cm³/mol. The summed E-state index contributed by atoms with van der Waals surface area (Å²) in [5, 5.41) is 0. The molecule has 0 heterocycles. The van der Waals surface area contributed by atoms with E-state index in [0.717, 1.165) is 19.4 Å². The van der Waals surface area contributed by atoms with Gasteiger partial charge in [-0.25, -0.2) is 0 Å². The van der Waals surface area contributed by atoms with Crippen LogP contribution >= 0.6 is 0 Å². The second kappa shape index (κ2) is 6.83. The van der Waals surface area contributed by atoms with Crippen LogP contribution in [-0.4, -0.2) is 29.4 Å². The minimum Gasteiger partial charge on any atom is -0.339 e.